The first-order valence-corrected chi connectivity index (χ1v) is 5.40. The highest BCUT2D eigenvalue weighted by atomic mass is 16.6. The Morgan fingerprint density at radius 1 is 1.40 bits per heavy atom. The number of nitrogens with zero attached hydrogens (tertiary/aromatic N) is 2. The van der Waals surface area contributed by atoms with Crippen LogP contribution in [0.5, 0.6) is 0 Å². The van der Waals surface area contributed by atoms with Crippen molar-refractivity contribution in [3.05, 3.63) is 11.4 Å². The number of nitrogens with one attached hydrogen (secondary N) is 1. The Bertz CT molecular complexity index is 318. The molecule has 0 aliphatic heterocycles. The molecule has 15 heavy (non-hydrogen) atoms. The summed E-state index contributed by atoms with van der Waals surface area (Å²) >= 11 is 0. The quantitative estimate of drug-likeness (QED) is 0.769. The summed E-state index contributed by atoms with van der Waals surface area (Å²) < 4.78 is 4.62. The van der Waals surface area contributed by atoms with Crippen LogP contribution in [0, 0.1) is 6.92 Å². The molecule has 0 atom stereocenters. The number of aliphatic hydroxyl groups excluding tert-OH is 1. The van der Waals surface area contributed by atoms with Gasteiger partial charge < -0.3 is 10.4 Å². The largest absolute Gasteiger partial charge is 0.394 e. The van der Waals surface area contributed by atoms with Crippen LogP contribution < -0.4 is 5.32 Å². The molecule has 1 aromatic heterocycles. The van der Waals surface area contributed by atoms with E-state index in [-0.39, 0.29) is 12.1 Å². The maximum absolute atomic E-state index is 9.39. The van der Waals surface area contributed by atoms with Crippen LogP contribution in [0.2, 0.25) is 0 Å². The number of aryl methyl sites for hydroxylation is 1. The average Bonchev–Trinajstić information content (AvgIpc) is 2.85. The molecule has 1 saturated carbocycles. The first-order chi connectivity index (χ1) is 7.26. The van der Waals surface area contributed by atoms with Gasteiger partial charge in [0.1, 0.15) is 11.4 Å². The molecule has 0 spiro atoms. The topological polar surface area (TPSA) is 71.2 Å². The van der Waals surface area contributed by atoms with E-state index in [0.29, 0.717) is 6.54 Å². The van der Waals surface area contributed by atoms with E-state index in [1.165, 1.54) is 12.8 Å². The van der Waals surface area contributed by atoms with Crippen LogP contribution in [-0.4, -0.2) is 27.6 Å². The molecular formula is C10H17N3O2. The van der Waals surface area contributed by atoms with Gasteiger partial charge >= 0.3 is 0 Å². The van der Waals surface area contributed by atoms with Gasteiger partial charge in [-0.25, -0.2) is 4.63 Å². The lowest BCUT2D eigenvalue weighted by Gasteiger charge is -2.27. The van der Waals surface area contributed by atoms with Gasteiger partial charge in [-0.15, -0.1) is 0 Å². The van der Waals surface area contributed by atoms with Crippen LogP contribution in [0.4, 0.5) is 0 Å². The summed E-state index contributed by atoms with van der Waals surface area (Å²) in [5, 5.41) is 20.3. The third-order valence-corrected chi connectivity index (χ3v) is 3.24. The molecule has 2 N–H and O–H groups in total. The third kappa shape index (κ3) is 2.18. The van der Waals surface area contributed by atoms with E-state index in [4.69, 9.17) is 0 Å². The fourth-order valence-electron chi connectivity index (χ4n) is 2.12. The number of aromatic nitrogens is 2. The molecule has 0 radical (unpaired) electrons. The zero-order chi connectivity index (χ0) is 10.7. The number of rotatable bonds is 4. The minimum Gasteiger partial charge on any atom is -0.394 e. The fourth-order valence-corrected chi connectivity index (χ4v) is 2.12. The van der Waals surface area contributed by atoms with Crippen molar-refractivity contribution in [2.45, 2.75) is 44.7 Å². The Balaban J connectivity index is 1.94. The van der Waals surface area contributed by atoms with Crippen LogP contribution in [0.25, 0.3) is 0 Å². The van der Waals surface area contributed by atoms with Crippen molar-refractivity contribution in [3.8, 4) is 0 Å². The molecule has 1 heterocycles. The van der Waals surface area contributed by atoms with Gasteiger partial charge in [0, 0.05) is 12.1 Å². The van der Waals surface area contributed by atoms with Gasteiger partial charge in [-0.05, 0) is 19.8 Å². The Morgan fingerprint density at radius 2 is 2.13 bits per heavy atom. The number of hydrogen-bond donors (Lipinski definition) is 2. The molecule has 84 valence electrons. The summed E-state index contributed by atoms with van der Waals surface area (Å²) in [5.41, 5.74) is 1.54. The maximum Gasteiger partial charge on any atom is 0.121 e. The first kappa shape index (κ1) is 10.6. The second-order valence-electron chi connectivity index (χ2n) is 4.30. The van der Waals surface area contributed by atoms with Gasteiger partial charge in [0.2, 0.25) is 0 Å². The van der Waals surface area contributed by atoms with Crippen LogP contribution >= 0.6 is 0 Å². The summed E-state index contributed by atoms with van der Waals surface area (Å²) in [4.78, 5) is 0. The van der Waals surface area contributed by atoms with E-state index < -0.39 is 0 Å². The van der Waals surface area contributed by atoms with E-state index >= 15 is 0 Å². The summed E-state index contributed by atoms with van der Waals surface area (Å²) in [5.74, 6) is 0. The summed E-state index contributed by atoms with van der Waals surface area (Å²) in [6.45, 7) is 2.68. The zero-order valence-electron chi connectivity index (χ0n) is 8.99. The molecule has 5 heteroatoms. The molecule has 1 aromatic rings. The van der Waals surface area contributed by atoms with Crippen LogP contribution in [0.15, 0.2) is 4.63 Å². The molecule has 1 aliphatic rings. The summed E-state index contributed by atoms with van der Waals surface area (Å²) in [6, 6.07) is 0. The highest BCUT2D eigenvalue weighted by molar-refractivity contribution is 5.05. The molecule has 0 aromatic carbocycles. The van der Waals surface area contributed by atoms with E-state index in [1.807, 2.05) is 6.92 Å². The molecule has 1 fully saturated rings. The Kier molecular flexibility index (Phi) is 3.02. The predicted molar refractivity (Wildman–Crippen MR) is 54.2 cm³/mol. The monoisotopic (exact) mass is 211 g/mol. The Morgan fingerprint density at radius 3 is 2.67 bits per heavy atom. The molecular weight excluding hydrogens is 194 g/mol. The minimum absolute atomic E-state index is 0.106. The molecule has 0 unspecified atom stereocenters. The highest BCUT2D eigenvalue weighted by Crippen LogP contribution is 2.29. The van der Waals surface area contributed by atoms with Crippen molar-refractivity contribution in [1.82, 2.24) is 15.6 Å². The number of hydrogen-bond acceptors (Lipinski definition) is 5. The molecule has 0 saturated heterocycles. The van der Waals surface area contributed by atoms with Crippen LogP contribution in [-0.2, 0) is 6.54 Å². The predicted octanol–water partition coefficient (Wildman–Crippen LogP) is 0.773. The lowest BCUT2D eigenvalue weighted by atomic mass is 9.99. The summed E-state index contributed by atoms with van der Waals surface area (Å²) in [7, 11) is 0. The van der Waals surface area contributed by atoms with Gasteiger partial charge in [-0.3, -0.25) is 0 Å². The van der Waals surface area contributed by atoms with Gasteiger partial charge in [0.15, 0.2) is 0 Å². The molecule has 1 aliphatic carbocycles. The van der Waals surface area contributed by atoms with Crippen LogP contribution in [0.3, 0.4) is 0 Å². The second kappa shape index (κ2) is 4.28. The van der Waals surface area contributed by atoms with Crippen LogP contribution in [0.1, 0.15) is 37.1 Å². The molecule has 5 nitrogen and oxygen atoms in total. The summed E-state index contributed by atoms with van der Waals surface area (Å²) in [6.07, 6.45) is 4.44. The van der Waals surface area contributed by atoms with E-state index in [1.54, 1.807) is 0 Å². The fraction of sp³-hybridized carbons (Fsp3) is 0.800. The standard InChI is InChI=1S/C10H17N3O2/c1-8-9(13-15-12-8)6-11-10(7-14)4-2-3-5-10/h11,14H,2-7H2,1H3. The van der Waals surface area contributed by atoms with Gasteiger partial charge in [0.05, 0.1) is 6.61 Å². The lowest BCUT2D eigenvalue weighted by Crippen LogP contribution is -2.45. The van der Waals surface area contributed by atoms with E-state index in [2.05, 4.69) is 20.3 Å². The molecule has 0 amide bonds. The minimum atomic E-state index is -0.106. The normalized spacial score (nSPS) is 19.6. The van der Waals surface area contributed by atoms with Gasteiger partial charge in [-0.2, -0.15) is 0 Å². The smallest absolute Gasteiger partial charge is 0.121 e. The van der Waals surface area contributed by atoms with E-state index in [9.17, 15) is 5.11 Å². The second-order valence-corrected chi connectivity index (χ2v) is 4.30. The van der Waals surface area contributed by atoms with Crippen molar-refractivity contribution in [1.29, 1.82) is 0 Å². The van der Waals surface area contributed by atoms with Crippen molar-refractivity contribution < 1.29 is 9.74 Å². The Labute approximate surface area is 88.8 Å². The molecule has 0 bridgehead atoms. The zero-order valence-corrected chi connectivity index (χ0v) is 8.99. The lowest BCUT2D eigenvalue weighted by molar-refractivity contribution is 0.162. The SMILES string of the molecule is Cc1nonc1CNC1(CO)CCCC1. The van der Waals surface area contributed by atoms with Crippen molar-refractivity contribution in [2.75, 3.05) is 6.61 Å². The average molecular weight is 211 g/mol. The van der Waals surface area contributed by atoms with E-state index in [0.717, 1.165) is 24.2 Å². The maximum atomic E-state index is 9.39. The van der Waals surface area contributed by atoms with Crippen molar-refractivity contribution in [3.63, 3.8) is 0 Å². The molecule has 2 rings (SSSR count). The first-order valence-electron chi connectivity index (χ1n) is 5.40. The highest BCUT2D eigenvalue weighted by Gasteiger charge is 2.32. The van der Waals surface area contributed by atoms with Gasteiger partial charge in [-0.1, -0.05) is 23.2 Å². The van der Waals surface area contributed by atoms with Gasteiger partial charge in [0.25, 0.3) is 0 Å². The number of aliphatic hydroxyl groups is 1. The third-order valence-electron chi connectivity index (χ3n) is 3.24. The Hall–Kier alpha value is -0.940. The van der Waals surface area contributed by atoms with Crippen molar-refractivity contribution in [2.24, 2.45) is 0 Å². The van der Waals surface area contributed by atoms with Crippen molar-refractivity contribution >= 4 is 0 Å².